The minimum Gasteiger partial charge on any atom is -0.484 e. The first kappa shape index (κ1) is 14.6. The fraction of sp³-hybridized carbons (Fsp3) is 0.278. The molecule has 3 rings (SSSR count). The second kappa shape index (κ2) is 6.62. The molecule has 0 aromatic heterocycles. The molecule has 4 nitrogen and oxygen atoms in total. The summed E-state index contributed by atoms with van der Waals surface area (Å²) in [7, 11) is 0. The first-order chi connectivity index (χ1) is 10.7. The van der Waals surface area contributed by atoms with Crippen LogP contribution in [0.25, 0.3) is 0 Å². The summed E-state index contributed by atoms with van der Waals surface area (Å²) in [4.78, 5) is 14.1. The van der Waals surface area contributed by atoms with Crippen molar-refractivity contribution in [1.82, 2.24) is 4.90 Å². The number of carbonyl (C=O) groups is 1. The van der Waals surface area contributed by atoms with Crippen LogP contribution in [0.2, 0.25) is 0 Å². The average molecular weight is 297 g/mol. The molecule has 1 fully saturated rings. The Morgan fingerprint density at radius 3 is 2.64 bits per heavy atom. The van der Waals surface area contributed by atoms with E-state index in [1.165, 1.54) is 0 Å². The Balaban J connectivity index is 1.62. The molecule has 22 heavy (non-hydrogen) atoms. The minimum atomic E-state index is -0.310. The van der Waals surface area contributed by atoms with Crippen molar-refractivity contribution >= 4 is 5.91 Å². The molecule has 1 heterocycles. The van der Waals surface area contributed by atoms with Crippen LogP contribution in [-0.2, 0) is 9.53 Å². The highest BCUT2D eigenvalue weighted by molar-refractivity contribution is 5.78. The third-order valence-corrected chi connectivity index (χ3v) is 3.68. The van der Waals surface area contributed by atoms with Gasteiger partial charge in [-0.15, -0.1) is 0 Å². The van der Waals surface area contributed by atoms with Gasteiger partial charge in [0.05, 0.1) is 6.61 Å². The van der Waals surface area contributed by atoms with Gasteiger partial charge >= 0.3 is 0 Å². The third kappa shape index (κ3) is 3.28. The number of rotatable bonds is 4. The molecule has 1 aliphatic heterocycles. The Kier molecular flexibility index (Phi) is 4.39. The van der Waals surface area contributed by atoms with E-state index in [0.717, 1.165) is 11.1 Å². The van der Waals surface area contributed by atoms with Gasteiger partial charge in [-0.1, -0.05) is 48.0 Å². The Hall–Kier alpha value is -2.33. The third-order valence-electron chi connectivity index (χ3n) is 3.68. The molecule has 1 saturated heterocycles. The summed E-state index contributed by atoms with van der Waals surface area (Å²) in [6, 6.07) is 17.5. The normalized spacial score (nSPS) is 17.5. The summed E-state index contributed by atoms with van der Waals surface area (Å²) in [6.45, 7) is 3.18. The topological polar surface area (TPSA) is 38.8 Å². The van der Waals surface area contributed by atoms with E-state index >= 15 is 0 Å². The molecule has 2 aromatic rings. The van der Waals surface area contributed by atoms with E-state index in [1.807, 2.05) is 61.5 Å². The zero-order chi connectivity index (χ0) is 15.4. The number of carbonyl (C=O) groups excluding carboxylic acids is 1. The van der Waals surface area contributed by atoms with Crippen molar-refractivity contribution in [2.75, 3.05) is 19.8 Å². The van der Waals surface area contributed by atoms with Crippen LogP contribution in [0.4, 0.5) is 0 Å². The summed E-state index contributed by atoms with van der Waals surface area (Å²) < 4.78 is 11.3. The summed E-state index contributed by atoms with van der Waals surface area (Å²) >= 11 is 0. The Morgan fingerprint density at radius 1 is 1.18 bits per heavy atom. The maximum absolute atomic E-state index is 12.4. The maximum atomic E-state index is 12.4. The molecule has 0 spiro atoms. The van der Waals surface area contributed by atoms with Crippen LogP contribution in [-0.4, -0.2) is 30.6 Å². The first-order valence-electron chi connectivity index (χ1n) is 7.39. The zero-order valence-corrected chi connectivity index (χ0v) is 12.6. The molecule has 1 aliphatic rings. The van der Waals surface area contributed by atoms with Crippen LogP contribution < -0.4 is 4.74 Å². The molecule has 0 radical (unpaired) electrons. The van der Waals surface area contributed by atoms with Crippen LogP contribution in [0.15, 0.2) is 54.6 Å². The fourth-order valence-corrected chi connectivity index (χ4v) is 2.48. The summed E-state index contributed by atoms with van der Waals surface area (Å²) in [6.07, 6.45) is -0.310. The van der Waals surface area contributed by atoms with E-state index in [0.29, 0.717) is 18.9 Å². The second-order valence-corrected chi connectivity index (χ2v) is 5.32. The van der Waals surface area contributed by atoms with Gasteiger partial charge in [0.2, 0.25) is 0 Å². The van der Waals surface area contributed by atoms with E-state index in [2.05, 4.69) is 0 Å². The van der Waals surface area contributed by atoms with Crippen LogP contribution in [0.1, 0.15) is 17.4 Å². The number of benzene rings is 2. The molecule has 4 heteroatoms. The molecule has 0 bridgehead atoms. The largest absolute Gasteiger partial charge is 0.484 e. The summed E-state index contributed by atoms with van der Waals surface area (Å²) in [5, 5.41) is 0. The van der Waals surface area contributed by atoms with Crippen molar-refractivity contribution in [2.45, 2.75) is 13.2 Å². The van der Waals surface area contributed by atoms with Crippen LogP contribution in [0.5, 0.6) is 5.75 Å². The number of ether oxygens (including phenoxy) is 2. The lowest BCUT2D eigenvalue weighted by molar-refractivity contribution is -0.138. The molecule has 2 aromatic carbocycles. The zero-order valence-electron chi connectivity index (χ0n) is 12.6. The predicted molar refractivity (Wildman–Crippen MR) is 83.5 cm³/mol. The van der Waals surface area contributed by atoms with Crippen LogP contribution in [0.3, 0.4) is 0 Å². The molecule has 114 valence electrons. The van der Waals surface area contributed by atoms with Crippen molar-refractivity contribution in [3.8, 4) is 5.75 Å². The van der Waals surface area contributed by atoms with E-state index in [4.69, 9.17) is 9.47 Å². The highest BCUT2D eigenvalue weighted by Crippen LogP contribution is 2.26. The number of aryl methyl sites for hydroxylation is 1. The SMILES string of the molecule is Cc1ccc(OCC(=O)N2CCOC2c2ccccc2)cc1. The van der Waals surface area contributed by atoms with E-state index < -0.39 is 0 Å². The Bertz CT molecular complexity index is 625. The smallest absolute Gasteiger partial charge is 0.262 e. The van der Waals surface area contributed by atoms with Crippen molar-refractivity contribution in [1.29, 1.82) is 0 Å². The number of amides is 1. The monoisotopic (exact) mass is 297 g/mol. The molecule has 1 amide bonds. The molecule has 1 unspecified atom stereocenters. The van der Waals surface area contributed by atoms with Crippen molar-refractivity contribution in [3.05, 3.63) is 65.7 Å². The van der Waals surface area contributed by atoms with Crippen LogP contribution in [0, 0.1) is 6.92 Å². The van der Waals surface area contributed by atoms with Gasteiger partial charge in [-0.05, 0) is 19.1 Å². The van der Waals surface area contributed by atoms with Crippen molar-refractivity contribution < 1.29 is 14.3 Å². The molecule has 1 atom stereocenters. The van der Waals surface area contributed by atoms with E-state index in [9.17, 15) is 4.79 Å². The summed E-state index contributed by atoms with van der Waals surface area (Å²) in [5.74, 6) is 0.641. The van der Waals surface area contributed by atoms with Gasteiger partial charge in [-0.2, -0.15) is 0 Å². The lowest BCUT2D eigenvalue weighted by Crippen LogP contribution is -2.34. The van der Waals surface area contributed by atoms with Gasteiger partial charge in [0.25, 0.3) is 5.91 Å². The van der Waals surface area contributed by atoms with Gasteiger partial charge in [-0.3, -0.25) is 4.79 Å². The fourth-order valence-electron chi connectivity index (χ4n) is 2.48. The Morgan fingerprint density at radius 2 is 1.91 bits per heavy atom. The lowest BCUT2D eigenvalue weighted by atomic mass is 10.2. The van der Waals surface area contributed by atoms with E-state index in [-0.39, 0.29) is 18.7 Å². The standard InChI is InChI=1S/C18H19NO3/c1-14-7-9-16(10-8-14)22-13-17(20)19-11-12-21-18(19)15-5-3-2-4-6-15/h2-10,18H,11-13H2,1H3. The highest BCUT2D eigenvalue weighted by atomic mass is 16.5. The minimum absolute atomic E-state index is 0.0236. The van der Waals surface area contributed by atoms with Gasteiger partial charge in [-0.25, -0.2) is 0 Å². The van der Waals surface area contributed by atoms with Crippen molar-refractivity contribution in [3.63, 3.8) is 0 Å². The Labute approximate surface area is 130 Å². The maximum Gasteiger partial charge on any atom is 0.262 e. The van der Waals surface area contributed by atoms with Gasteiger partial charge in [0.15, 0.2) is 12.8 Å². The first-order valence-corrected chi connectivity index (χ1v) is 7.39. The lowest BCUT2D eigenvalue weighted by Gasteiger charge is -2.23. The van der Waals surface area contributed by atoms with Crippen LogP contribution >= 0.6 is 0 Å². The van der Waals surface area contributed by atoms with Crippen molar-refractivity contribution in [2.24, 2.45) is 0 Å². The van der Waals surface area contributed by atoms with Gasteiger partial charge in [0.1, 0.15) is 5.75 Å². The molecular formula is C18H19NO3. The highest BCUT2D eigenvalue weighted by Gasteiger charge is 2.30. The molecule has 0 N–H and O–H groups in total. The molecule has 0 saturated carbocycles. The quantitative estimate of drug-likeness (QED) is 0.871. The number of hydrogen-bond acceptors (Lipinski definition) is 3. The predicted octanol–water partition coefficient (Wildman–Crippen LogP) is 2.93. The van der Waals surface area contributed by atoms with Gasteiger partial charge < -0.3 is 14.4 Å². The number of hydrogen-bond donors (Lipinski definition) is 0. The number of nitrogens with zero attached hydrogens (tertiary/aromatic N) is 1. The molecule has 0 aliphatic carbocycles. The van der Waals surface area contributed by atoms with Gasteiger partial charge in [0, 0.05) is 12.1 Å². The molecular weight excluding hydrogens is 278 g/mol. The van der Waals surface area contributed by atoms with E-state index in [1.54, 1.807) is 4.90 Å². The second-order valence-electron chi connectivity index (χ2n) is 5.32. The summed E-state index contributed by atoms with van der Waals surface area (Å²) in [5.41, 5.74) is 2.15. The average Bonchev–Trinajstić information content (AvgIpc) is 3.04.